The molecule has 338 valence electrons. The molecule has 0 heterocycles. The molecule has 0 aromatic rings. The van der Waals surface area contributed by atoms with Crippen molar-refractivity contribution in [2.24, 2.45) is 0 Å². The number of allylic oxidation sites excluding steroid dienone is 12. The Kier molecular flexibility index (Phi) is 45.0. The van der Waals surface area contributed by atoms with Gasteiger partial charge in [0.2, 0.25) is 0 Å². The van der Waals surface area contributed by atoms with E-state index in [2.05, 4.69) is 81.5 Å². The number of esters is 3. The van der Waals surface area contributed by atoms with Gasteiger partial charge in [-0.15, -0.1) is 0 Å². The summed E-state index contributed by atoms with van der Waals surface area (Å²) in [5.41, 5.74) is 0. The predicted molar refractivity (Wildman–Crippen MR) is 251 cm³/mol. The zero-order valence-corrected chi connectivity index (χ0v) is 38.5. The van der Waals surface area contributed by atoms with Crippen LogP contribution in [0.4, 0.5) is 0 Å². The Morgan fingerprint density at radius 2 is 0.712 bits per heavy atom. The van der Waals surface area contributed by atoms with Gasteiger partial charge in [0.15, 0.2) is 6.10 Å². The number of hydrogen-bond acceptors (Lipinski definition) is 6. The topological polar surface area (TPSA) is 78.9 Å². The molecule has 0 aliphatic rings. The van der Waals surface area contributed by atoms with Crippen molar-refractivity contribution >= 4 is 17.9 Å². The molecule has 6 heteroatoms. The SMILES string of the molecule is CC/C=C\C/C=C\C/C=C\C/C=C\C/C=C\CCC(=O)OCC(COC(=O)CCCCCC/C=C\CCCC)OC(=O)CCCCCCCCCCCCCCCCC. The number of hydrogen-bond donors (Lipinski definition) is 0. The highest BCUT2D eigenvalue weighted by molar-refractivity contribution is 5.71. The van der Waals surface area contributed by atoms with E-state index in [1.807, 2.05) is 12.2 Å². The predicted octanol–water partition coefficient (Wildman–Crippen LogP) is 15.9. The Balaban J connectivity index is 4.47. The lowest BCUT2D eigenvalue weighted by Crippen LogP contribution is -2.30. The van der Waals surface area contributed by atoms with E-state index in [1.165, 1.54) is 89.9 Å². The molecule has 0 aromatic heterocycles. The van der Waals surface area contributed by atoms with E-state index in [1.54, 1.807) is 0 Å². The normalized spacial score (nSPS) is 12.7. The van der Waals surface area contributed by atoms with E-state index >= 15 is 0 Å². The Hall–Kier alpha value is -3.15. The molecule has 0 fully saturated rings. The van der Waals surface area contributed by atoms with Gasteiger partial charge in [0.25, 0.3) is 0 Å². The molecule has 1 atom stereocenters. The Labute approximate surface area is 363 Å². The Bertz CT molecular complexity index is 1130. The van der Waals surface area contributed by atoms with Gasteiger partial charge in [0.1, 0.15) is 13.2 Å². The Morgan fingerprint density at radius 3 is 1.19 bits per heavy atom. The summed E-state index contributed by atoms with van der Waals surface area (Å²) in [5, 5.41) is 0. The van der Waals surface area contributed by atoms with Crippen molar-refractivity contribution in [1.82, 2.24) is 0 Å². The minimum Gasteiger partial charge on any atom is -0.462 e. The van der Waals surface area contributed by atoms with E-state index in [4.69, 9.17) is 14.2 Å². The van der Waals surface area contributed by atoms with E-state index in [9.17, 15) is 14.4 Å². The third-order valence-electron chi connectivity index (χ3n) is 10.2. The summed E-state index contributed by atoms with van der Waals surface area (Å²) in [6.07, 6.45) is 59.0. The molecule has 59 heavy (non-hydrogen) atoms. The van der Waals surface area contributed by atoms with Crippen molar-refractivity contribution in [1.29, 1.82) is 0 Å². The first-order valence-corrected chi connectivity index (χ1v) is 24.4. The maximum absolute atomic E-state index is 12.8. The first-order chi connectivity index (χ1) is 29.0. The van der Waals surface area contributed by atoms with Crippen LogP contribution in [-0.2, 0) is 28.6 Å². The lowest BCUT2D eigenvalue weighted by molar-refractivity contribution is -0.166. The second-order valence-electron chi connectivity index (χ2n) is 16.0. The average Bonchev–Trinajstić information content (AvgIpc) is 3.23. The highest BCUT2D eigenvalue weighted by Gasteiger charge is 2.19. The average molecular weight is 823 g/mol. The number of unbranched alkanes of at least 4 members (excludes halogenated alkanes) is 20. The van der Waals surface area contributed by atoms with Crippen LogP contribution in [0.25, 0.3) is 0 Å². The molecule has 0 aliphatic carbocycles. The molecule has 0 amide bonds. The summed E-state index contributed by atoms with van der Waals surface area (Å²) in [5.74, 6) is -1.00. The summed E-state index contributed by atoms with van der Waals surface area (Å²) in [4.78, 5) is 37.8. The second kappa shape index (κ2) is 47.5. The number of rotatable bonds is 43. The molecule has 0 rings (SSSR count). The van der Waals surface area contributed by atoms with Gasteiger partial charge in [-0.1, -0.05) is 209 Å². The largest absolute Gasteiger partial charge is 0.462 e. The molecule has 6 nitrogen and oxygen atoms in total. The fourth-order valence-corrected chi connectivity index (χ4v) is 6.53. The van der Waals surface area contributed by atoms with Crippen LogP contribution in [0.15, 0.2) is 72.9 Å². The van der Waals surface area contributed by atoms with Gasteiger partial charge in [0, 0.05) is 19.3 Å². The third-order valence-corrected chi connectivity index (χ3v) is 10.2. The summed E-state index contributed by atoms with van der Waals surface area (Å²) < 4.78 is 16.7. The highest BCUT2D eigenvalue weighted by Crippen LogP contribution is 2.15. The van der Waals surface area contributed by atoms with Crippen LogP contribution in [0.5, 0.6) is 0 Å². The van der Waals surface area contributed by atoms with Crippen LogP contribution in [0.3, 0.4) is 0 Å². The Morgan fingerprint density at radius 1 is 0.356 bits per heavy atom. The molecule has 0 aromatic carbocycles. The van der Waals surface area contributed by atoms with Crippen LogP contribution in [0, 0.1) is 0 Å². The van der Waals surface area contributed by atoms with Gasteiger partial charge < -0.3 is 14.2 Å². The van der Waals surface area contributed by atoms with Crippen molar-refractivity contribution in [3.8, 4) is 0 Å². The van der Waals surface area contributed by atoms with E-state index in [-0.39, 0.29) is 37.5 Å². The maximum Gasteiger partial charge on any atom is 0.306 e. The zero-order valence-electron chi connectivity index (χ0n) is 38.5. The minimum atomic E-state index is -0.806. The van der Waals surface area contributed by atoms with Crippen molar-refractivity contribution in [2.75, 3.05) is 13.2 Å². The van der Waals surface area contributed by atoms with Gasteiger partial charge in [0.05, 0.1) is 0 Å². The van der Waals surface area contributed by atoms with Crippen LogP contribution in [0.1, 0.15) is 226 Å². The quantitative estimate of drug-likeness (QED) is 0.0264. The number of carbonyl (C=O) groups is 3. The van der Waals surface area contributed by atoms with E-state index in [0.29, 0.717) is 19.3 Å². The molecule has 0 saturated carbocycles. The first kappa shape index (κ1) is 55.9. The molecular formula is C53H90O6. The smallest absolute Gasteiger partial charge is 0.306 e. The first-order valence-electron chi connectivity index (χ1n) is 24.4. The molecule has 0 N–H and O–H groups in total. The van der Waals surface area contributed by atoms with E-state index in [0.717, 1.165) is 89.9 Å². The van der Waals surface area contributed by atoms with Crippen LogP contribution in [0.2, 0.25) is 0 Å². The lowest BCUT2D eigenvalue weighted by Gasteiger charge is -2.18. The van der Waals surface area contributed by atoms with Gasteiger partial charge in [-0.25, -0.2) is 0 Å². The van der Waals surface area contributed by atoms with Crippen molar-refractivity contribution < 1.29 is 28.6 Å². The van der Waals surface area contributed by atoms with Crippen molar-refractivity contribution in [3.63, 3.8) is 0 Å². The van der Waals surface area contributed by atoms with Crippen molar-refractivity contribution in [3.05, 3.63) is 72.9 Å². The summed E-state index contributed by atoms with van der Waals surface area (Å²) >= 11 is 0. The van der Waals surface area contributed by atoms with Crippen LogP contribution >= 0.6 is 0 Å². The zero-order chi connectivity index (χ0) is 43.0. The molecule has 0 aliphatic heterocycles. The fourth-order valence-electron chi connectivity index (χ4n) is 6.53. The van der Waals surface area contributed by atoms with Gasteiger partial charge >= 0.3 is 17.9 Å². The van der Waals surface area contributed by atoms with Gasteiger partial charge in [-0.2, -0.15) is 0 Å². The number of carbonyl (C=O) groups excluding carboxylic acids is 3. The second-order valence-corrected chi connectivity index (χ2v) is 16.0. The third kappa shape index (κ3) is 45.8. The van der Waals surface area contributed by atoms with Crippen molar-refractivity contribution in [2.45, 2.75) is 232 Å². The van der Waals surface area contributed by atoms with Crippen LogP contribution < -0.4 is 0 Å². The standard InChI is InChI=1S/C53H90O6/c1-4-7-10-13-16-19-22-24-26-28-29-31-34-37-40-43-46-52(55)58-49-50(48-57-51(54)45-42-39-36-33-21-18-15-12-9-6-3)59-53(56)47-44-41-38-35-32-30-27-25-23-20-17-14-11-8-5-2/h7,10,15-16,18-19,24,26,29,31,37,40,50H,4-6,8-9,11-14,17,20-23,25,27-28,30,32-36,38-39,41-49H2,1-3H3/b10-7-,18-15-,19-16-,26-24-,31-29-,40-37-. The van der Waals surface area contributed by atoms with Crippen LogP contribution in [-0.4, -0.2) is 37.2 Å². The molecule has 0 bridgehead atoms. The monoisotopic (exact) mass is 823 g/mol. The molecule has 0 saturated heterocycles. The maximum atomic E-state index is 12.8. The summed E-state index contributed by atoms with van der Waals surface area (Å²) in [7, 11) is 0. The molecule has 0 radical (unpaired) electrons. The number of ether oxygens (including phenoxy) is 3. The van der Waals surface area contributed by atoms with Gasteiger partial charge in [-0.05, 0) is 70.6 Å². The minimum absolute atomic E-state index is 0.103. The highest BCUT2D eigenvalue weighted by atomic mass is 16.6. The molecule has 0 spiro atoms. The molecule has 1 unspecified atom stereocenters. The van der Waals surface area contributed by atoms with E-state index < -0.39 is 6.10 Å². The summed E-state index contributed by atoms with van der Waals surface area (Å²) in [6.45, 7) is 6.40. The van der Waals surface area contributed by atoms with Gasteiger partial charge in [-0.3, -0.25) is 14.4 Å². The fraction of sp³-hybridized carbons (Fsp3) is 0.717. The molecular weight excluding hydrogens is 733 g/mol. The lowest BCUT2D eigenvalue weighted by atomic mass is 10.0. The summed E-state index contributed by atoms with van der Waals surface area (Å²) in [6, 6.07) is 0.